The zero-order chi connectivity index (χ0) is 19.7. The van der Waals surface area contributed by atoms with Crippen LogP contribution in [0.5, 0.6) is 0 Å². The number of nitrogens with zero attached hydrogens (tertiary/aromatic N) is 4. The minimum Gasteiger partial charge on any atom is -0.476 e. The number of hydrogen-bond acceptors (Lipinski definition) is 7. The van der Waals surface area contributed by atoms with Gasteiger partial charge in [0.15, 0.2) is 5.69 Å². The van der Waals surface area contributed by atoms with Crippen LogP contribution in [0.4, 0.5) is 0 Å². The van der Waals surface area contributed by atoms with Crippen molar-refractivity contribution < 1.29 is 19.7 Å². The van der Waals surface area contributed by atoms with Crippen LogP contribution < -0.4 is 11.2 Å². The molecule has 3 N–H and O–H groups in total. The number of aromatic amines is 1. The highest BCUT2D eigenvalue weighted by Gasteiger charge is 2.40. The first kappa shape index (κ1) is 19.0. The van der Waals surface area contributed by atoms with Gasteiger partial charge in [0.1, 0.15) is 12.3 Å². The summed E-state index contributed by atoms with van der Waals surface area (Å²) in [7, 11) is 0. The van der Waals surface area contributed by atoms with Gasteiger partial charge in [-0.25, -0.2) is 14.3 Å². The molecular weight excluding hydrogens is 358 g/mol. The lowest BCUT2D eigenvalue weighted by atomic mass is 10.1. The molecule has 146 valence electrons. The Morgan fingerprint density at radius 2 is 2.19 bits per heavy atom. The molecule has 0 amide bonds. The normalized spacial score (nSPS) is 22.3. The molecule has 0 spiro atoms. The molecule has 2 aromatic heterocycles. The number of rotatable bonds is 6. The van der Waals surface area contributed by atoms with Gasteiger partial charge in [0, 0.05) is 18.2 Å². The van der Waals surface area contributed by atoms with Gasteiger partial charge in [-0.15, -0.1) is 5.10 Å². The second-order valence-corrected chi connectivity index (χ2v) is 6.48. The maximum absolute atomic E-state index is 12.1. The van der Waals surface area contributed by atoms with Crippen molar-refractivity contribution in [2.45, 2.75) is 51.5 Å². The summed E-state index contributed by atoms with van der Waals surface area (Å²) in [5.74, 6) is -1.17. The van der Waals surface area contributed by atoms with Crippen LogP contribution in [0.3, 0.4) is 0 Å². The van der Waals surface area contributed by atoms with E-state index in [-0.39, 0.29) is 18.7 Å². The SMILES string of the molecule is CCCc1nnn(C2C[C@H](n3cc(C)c(=O)[nH]c3=O)O[C@@H]2CO)c1C(=O)O. The van der Waals surface area contributed by atoms with Gasteiger partial charge in [-0.3, -0.25) is 14.3 Å². The fourth-order valence-electron chi connectivity index (χ4n) is 3.29. The van der Waals surface area contributed by atoms with E-state index >= 15 is 0 Å². The average Bonchev–Trinajstić information content (AvgIpc) is 3.22. The maximum atomic E-state index is 12.1. The van der Waals surface area contributed by atoms with Gasteiger partial charge >= 0.3 is 11.7 Å². The highest BCUT2D eigenvalue weighted by molar-refractivity contribution is 5.86. The molecule has 1 fully saturated rings. The highest BCUT2D eigenvalue weighted by atomic mass is 16.5. The van der Waals surface area contributed by atoms with Gasteiger partial charge in [-0.05, 0) is 13.3 Å². The smallest absolute Gasteiger partial charge is 0.356 e. The van der Waals surface area contributed by atoms with Crippen LogP contribution >= 0.6 is 0 Å². The summed E-state index contributed by atoms with van der Waals surface area (Å²) >= 11 is 0. The van der Waals surface area contributed by atoms with Crippen LogP contribution in [0.1, 0.15) is 53.8 Å². The Bertz CT molecular complexity index is 961. The Morgan fingerprint density at radius 3 is 2.81 bits per heavy atom. The van der Waals surface area contributed by atoms with E-state index in [1.807, 2.05) is 6.92 Å². The Labute approximate surface area is 153 Å². The molecular formula is C16H21N5O6. The molecule has 1 unspecified atom stereocenters. The second-order valence-electron chi connectivity index (χ2n) is 6.48. The number of aliphatic hydroxyl groups excluding tert-OH is 1. The van der Waals surface area contributed by atoms with Gasteiger partial charge in [0.2, 0.25) is 0 Å². The van der Waals surface area contributed by atoms with E-state index in [4.69, 9.17) is 4.74 Å². The first-order chi connectivity index (χ1) is 12.9. The van der Waals surface area contributed by atoms with Gasteiger partial charge in [0.05, 0.1) is 18.3 Å². The number of H-pyrrole nitrogens is 1. The maximum Gasteiger partial charge on any atom is 0.356 e. The lowest BCUT2D eigenvalue weighted by Gasteiger charge is -2.17. The number of hydrogen-bond donors (Lipinski definition) is 3. The first-order valence-corrected chi connectivity index (χ1v) is 8.63. The van der Waals surface area contributed by atoms with Crippen molar-refractivity contribution in [2.75, 3.05) is 6.61 Å². The molecule has 0 radical (unpaired) electrons. The predicted molar refractivity (Wildman–Crippen MR) is 91.7 cm³/mol. The Hall–Kier alpha value is -2.79. The summed E-state index contributed by atoms with van der Waals surface area (Å²) in [5, 5.41) is 27.2. The number of ether oxygens (including phenoxy) is 1. The second kappa shape index (κ2) is 7.45. The monoisotopic (exact) mass is 379 g/mol. The molecule has 11 heteroatoms. The van der Waals surface area contributed by atoms with E-state index in [2.05, 4.69) is 15.3 Å². The largest absolute Gasteiger partial charge is 0.476 e. The van der Waals surface area contributed by atoms with Crippen LogP contribution in [-0.4, -0.2) is 53.4 Å². The predicted octanol–water partition coefficient (Wildman–Crippen LogP) is -0.392. The summed E-state index contributed by atoms with van der Waals surface area (Å²) in [6.45, 7) is 3.07. The molecule has 3 atom stereocenters. The van der Waals surface area contributed by atoms with Crippen LogP contribution in [0.15, 0.2) is 15.8 Å². The lowest BCUT2D eigenvalue weighted by molar-refractivity contribution is -0.0325. The highest BCUT2D eigenvalue weighted by Crippen LogP contribution is 2.36. The van der Waals surface area contributed by atoms with E-state index in [1.165, 1.54) is 15.4 Å². The molecule has 0 saturated carbocycles. The Balaban J connectivity index is 1.99. The number of nitrogens with one attached hydrogen (secondary N) is 1. The fraction of sp³-hybridized carbons (Fsp3) is 0.562. The summed E-state index contributed by atoms with van der Waals surface area (Å²) in [5.41, 5.74) is -0.481. The quantitative estimate of drug-likeness (QED) is 0.613. The van der Waals surface area contributed by atoms with Crippen molar-refractivity contribution in [2.24, 2.45) is 0 Å². The number of carbonyl (C=O) groups is 1. The molecule has 0 aromatic carbocycles. The van der Waals surface area contributed by atoms with Crippen LogP contribution in [0.25, 0.3) is 0 Å². The van der Waals surface area contributed by atoms with Crippen LogP contribution in [-0.2, 0) is 11.2 Å². The van der Waals surface area contributed by atoms with Crippen molar-refractivity contribution in [3.63, 3.8) is 0 Å². The summed E-state index contributed by atoms with van der Waals surface area (Å²) in [6, 6.07) is -0.622. The van der Waals surface area contributed by atoms with Crippen LogP contribution in [0, 0.1) is 6.92 Å². The zero-order valence-electron chi connectivity index (χ0n) is 15.0. The summed E-state index contributed by atoms with van der Waals surface area (Å²) in [6.07, 6.45) is 1.18. The molecule has 11 nitrogen and oxygen atoms in total. The Kier molecular flexibility index (Phi) is 5.24. The number of aliphatic hydroxyl groups is 1. The van der Waals surface area contributed by atoms with E-state index in [9.17, 15) is 24.6 Å². The summed E-state index contributed by atoms with van der Waals surface area (Å²) < 4.78 is 8.23. The van der Waals surface area contributed by atoms with Crippen molar-refractivity contribution in [3.8, 4) is 0 Å². The number of aromatic nitrogens is 5. The summed E-state index contributed by atoms with van der Waals surface area (Å²) in [4.78, 5) is 37.6. The van der Waals surface area contributed by atoms with Crippen molar-refractivity contribution in [1.29, 1.82) is 0 Å². The molecule has 27 heavy (non-hydrogen) atoms. The van der Waals surface area contributed by atoms with Gasteiger partial charge in [-0.2, -0.15) is 0 Å². The lowest BCUT2D eigenvalue weighted by Crippen LogP contribution is -2.33. The average molecular weight is 379 g/mol. The minimum atomic E-state index is -1.17. The minimum absolute atomic E-state index is 0.0467. The fourth-order valence-corrected chi connectivity index (χ4v) is 3.29. The molecule has 1 aliphatic heterocycles. The molecule has 1 saturated heterocycles. The zero-order valence-corrected chi connectivity index (χ0v) is 15.0. The standard InChI is InChI=1S/C16H21N5O6/c1-3-4-9-13(15(24)25)21(19-18-9)10-5-12(27-11(10)7-22)20-6-8(2)14(23)17-16(20)26/h6,10-12,22H,3-5,7H2,1-2H3,(H,24,25)(H,17,23,26)/t10?,11-,12-/m1/s1. The van der Waals surface area contributed by atoms with Gasteiger partial charge < -0.3 is 14.9 Å². The van der Waals surface area contributed by atoms with Crippen LogP contribution in [0.2, 0.25) is 0 Å². The van der Waals surface area contributed by atoms with Gasteiger partial charge in [0.25, 0.3) is 5.56 Å². The van der Waals surface area contributed by atoms with E-state index in [0.29, 0.717) is 24.1 Å². The third kappa shape index (κ3) is 3.43. The number of aryl methyl sites for hydroxylation is 2. The number of carboxylic acid groups (broad SMARTS) is 1. The Morgan fingerprint density at radius 1 is 1.44 bits per heavy atom. The van der Waals surface area contributed by atoms with E-state index in [0.717, 1.165) is 0 Å². The molecule has 0 aliphatic carbocycles. The third-order valence-electron chi connectivity index (χ3n) is 4.61. The number of aromatic carboxylic acids is 1. The molecule has 3 heterocycles. The number of carboxylic acids is 1. The van der Waals surface area contributed by atoms with Crippen molar-refractivity contribution in [3.05, 3.63) is 44.0 Å². The van der Waals surface area contributed by atoms with Crippen molar-refractivity contribution in [1.82, 2.24) is 24.5 Å². The topological polar surface area (TPSA) is 152 Å². The molecule has 0 bridgehead atoms. The molecule has 2 aromatic rings. The van der Waals surface area contributed by atoms with Crippen molar-refractivity contribution >= 4 is 5.97 Å². The van der Waals surface area contributed by atoms with Gasteiger partial charge in [-0.1, -0.05) is 18.6 Å². The van der Waals surface area contributed by atoms with E-state index < -0.39 is 35.6 Å². The van der Waals surface area contributed by atoms with E-state index in [1.54, 1.807) is 6.92 Å². The third-order valence-corrected chi connectivity index (χ3v) is 4.61. The first-order valence-electron chi connectivity index (χ1n) is 8.63. The molecule has 1 aliphatic rings. The molecule has 3 rings (SSSR count).